The van der Waals surface area contributed by atoms with Crippen LogP contribution in [0.15, 0.2) is 18.3 Å². The minimum atomic E-state index is -4.60. The number of alkyl halides is 3. The lowest BCUT2D eigenvalue weighted by Crippen LogP contribution is -2.54. The van der Waals surface area contributed by atoms with Crippen molar-refractivity contribution in [1.29, 1.82) is 0 Å². The topological polar surface area (TPSA) is 80.8 Å². The number of hydrogen-bond acceptors (Lipinski definition) is 5. The molecule has 0 spiro atoms. The zero-order chi connectivity index (χ0) is 24.3. The van der Waals surface area contributed by atoms with E-state index in [1.54, 1.807) is 39.5 Å². The first-order valence-corrected chi connectivity index (χ1v) is 10.5. The molecule has 0 saturated carbocycles. The van der Waals surface area contributed by atoms with Crippen molar-refractivity contribution in [2.24, 2.45) is 11.3 Å². The lowest BCUT2D eigenvalue weighted by Gasteiger charge is -2.39. The Kier molecular flexibility index (Phi) is 7.67. The van der Waals surface area contributed by atoms with E-state index in [2.05, 4.69) is 10.3 Å². The van der Waals surface area contributed by atoms with Crippen LogP contribution in [0.1, 0.15) is 53.5 Å². The Hall–Kier alpha value is -2.52. The molecule has 2 amide bonds. The highest BCUT2D eigenvalue weighted by Crippen LogP contribution is 2.35. The number of amides is 2. The first kappa shape index (κ1) is 25.7. The van der Waals surface area contributed by atoms with Gasteiger partial charge in [-0.25, -0.2) is 9.78 Å². The van der Waals surface area contributed by atoms with Gasteiger partial charge in [-0.05, 0) is 59.1 Å². The number of likely N-dealkylation sites (tertiary alicyclic amines) is 1. The van der Waals surface area contributed by atoms with Gasteiger partial charge >= 0.3 is 12.3 Å². The molecule has 2 unspecified atom stereocenters. The number of nitrogens with one attached hydrogen (secondary N) is 1. The number of rotatable bonds is 5. The third-order valence-electron chi connectivity index (χ3n) is 5.13. The third kappa shape index (κ3) is 7.00. The van der Waals surface area contributed by atoms with Crippen LogP contribution in [0.25, 0.3) is 0 Å². The summed E-state index contributed by atoms with van der Waals surface area (Å²) in [5, 5.41) is 2.96. The van der Waals surface area contributed by atoms with Gasteiger partial charge in [-0.15, -0.1) is 0 Å². The van der Waals surface area contributed by atoms with E-state index in [1.807, 2.05) is 6.92 Å². The number of ether oxygens (including phenoxy) is 2. The molecule has 2 atom stereocenters. The van der Waals surface area contributed by atoms with E-state index in [0.717, 1.165) is 6.07 Å². The van der Waals surface area contributed by atoms with E-state index >= 15 is 0 Å². The number of hydrogen-bond donors (Lipinski definition) is 1. The number of carbonyl (C=O) groups excluding carboxylic acids is 2. The average Bonchev–Trinajstić information content (AvgIpc) is 2.66. The number of nitrogens with zero attached hydrogens (tertiary/aromatic N) is 2. The fourth-order valence-corrected chi connectivity index (χ4v) is 3.25. The fourth-order valence-electron chi connectivity index (χ4n) is 3.25. The van der Waals surface area contributed by atoms with Crippen molar-refractivity contribution in [3.05, 3.63) is 23.9 Å². The predicted octanol–water partition coefficient (Wildman–Crippen LogP) is 4.27. The Morgan fingerprint density at radius 1 is 1.22 bits per heavy atom. The van der Waals surface area contributed by atoms with Crippen LogP contribution in [-0.4, -0.2) is 53.2 Å². The Labute approximate surface area is 186 Å². The van der Waals surface area contributed by atoms with Gasteiger partial charge in [0.1, 0.15) is 17.8 Å². The minimum absolute atomic E-state index is 0.0236. The van der Waals surface area contributed by atoms with Crippen LogP contribution in [-0.2, 0) is 15.7 Å². The quantitative estimate of drug-likeness (QED) is 0.711. The summed E-state index contributed by atoms with van der Waals surface area (Å²) in [5.74, 6) is -0.922. The van der Waals surface area contributed by atoms with Gasteiger partial charge in [0.25, 0.3) is 0 Å². The fraction of sp³-hybridized carbons (Fsp3) is 0.682. The van der Waals surface area contributed by atoms with Crippen LogP contribution in [0.4, 0.5) is 18.0 Å². The summed E-state index contributed by atoms with van der Waals surface area (Å²) in [5.41, 5.74) is -2.67. The maximum atomic E-state index is 13.1. The Balaban J connectivity index is 1.94. The SMILES string of the molecule is CC1CN(C(=O)OC(C)(C)C)CCC1NC(=O)C(C)(C)COc1ncccc1C(F)(F)F. The molecule has 1 saturated heterocycles. The number of aromatic nitrogens is 1. The van der Waals surface area contributed by atoms with Gasteiger partial charge in [0, 0.05) is 25.3 Å². The maximum Gasteiger partial charge on any atom is 0.421 e. The second-order valence-electron chi connectivity index (χ2n) is 9.80. The van der Waals surface area contributed by atoms with Crippen LogP contribution in [0, 0.1) is 11.3 Å². The van der Waals surface area contributed by atoms with Crippen molar-refractivity contribution in [2.45, 2.75) is 65.8 Å². The molecule has 1 N–H and O–H groups in total. The molecule has 1 aliphatic rings. The van der Waals surface area contributed by atoms with Gasteiger partial charge in [-0.3, -0.25) is 4.79 Å². The smallest absolute Gasteiger partial charge is 0.421 e. The second kappa shape index (κ2) is 9.54. The van der Waals surface area contributed by atoms with Gasteiger partial charge in [0.05, 0.1) is 5.41 Å². The number of piperidine rings is 1. The van der Waals surface area contributed by atoms with Gasteiger partial charge in [-0.1, -0.05) is 6.92 Å². The molecule has 0 bridgehead atoms. The Bertz CT molecular complexity index is 821. The maximum absolute atomic E-state index is 13.1. The summed E-state index contributed by atoms with van der Waals surface area (Å²) in [7, 11) is 0. The normalized spacial score (nSPS) is 20.0. The lowest BCUT2D eigenvalue weighted by atomic mass is 9.89. The molecule has 32 heavy (non-hydrogen) atoms. The van der Waals surface area contributed by atoms with E-state index in [1.165, 1.54) is 12.3 Å². The van der Waals surface area contributed by atoms with Crippen molar-refractivity contribution in [3.63, 3.8) is 0 Å². The van der Waals surface area contributed by atoms with Gasteiger partial charge in [0.15, 0.2) is 0 Å². The van der Waals surface area contributed by atoms with Crippen molar-refractivity contribution in [1.82, 2.24) is 15.2 Å². The second-order valence-corrected chi connectivity index (χ2v) is 9.80. The minimum Gasteiger partial charge on any atom is -0.476 e. The van der Waals surface area contributed by atoms with Crippen LogP contribution in [0.3, 0.4) is 0 Å². The molecule has 7 nitrogen and oxygen atoms in total. The van der Waals surface area contributed by atoms with Crippen LogP contribution in [0.5, 0.6) is 5.88 Å². The van der Waals surface area contributed by atoms with Gasteiger partial charge in [0.2, 0.25) is 11.8 Å². The molecular formula is C22H32F3N3O4. The molecule has 10 heteroatoms. The first-order chi connectivity index (χ1) is 14.6. The molecule has 1 aromatic heterocycles. The predicted molar refractivity (Wildman–Crippen MR) is 112 cm³/mol. The van der Waals surface area contributed by atoms with Crippen molar-refractivity contribution in [2.75, 3.05) is 19.7 Å². The highest BCUT2D eigenvalue weighted by Gasteiger charge is 2.38. The Morgan fingerprint density at radius 3 is 2.44 bits per heavy atom. The monoisotopic (exact) mass is 459 g/mol. The molecule has 2 rings (SSSR count). The molecule has 1 aromatic rings. The van der Waals surface area contributed by atoms with Gasteiger partial charge < -0.3 is 19.7 Å². The van der Waals surface area contributed by atoms with E-state index in [-0.39, 0.29) is 24.5 Å². The van der Waals surface area contributed by atoms with Crippen molar-refractivity contribution < 1.29 is 32.2 Å². The summed E-state index contributed by atoms with van der Waals surface area (Å²) >= 11 is 0. The van der Waals surface area contributed by atoms with E-state index in [0.29, 0.717) is 19.5 Å². The molecule has 180 valence electrons. The third-order valence-corrected chi connectivity index (χ3v) is 5.13. The highest BCUT2D eigenvalue weighted by atomic mass is 19.4. The van der Waals surface area contributed by atoms with Crippen molar-refractivity contribution >= 4 is 12.0 Å². The molecular weight excluding hydrogens is 427 g/mol. The molecule has 0 aromatic carbocycles. The van der Waals surface area contributed by atoms with Crippen LogP contribution in [0.2, 0.25) is 0 Å². The largest absolute Gasteiger partial charge is 0.476 e. The summed E-state index contributed by atoms with van der Waals surface area (Å²) in [4.78, 5) is 30.4. The molecule has 0 aliphatic carbocycles. The van der Waals surface area contributed by atoms with Crippen molar-refractivity contribution in [3.8, 4) is 5.88 Å². The van der Waals surface area contributed by atoms with Crippen LogP contribution >= 0.6 is 0 Å². The molecule has 2 heterocycles. The summed E-state index contributed by atoms with van der Waals surface area (Å²) in [6.45, 7) is 11.1. The molecule has 1 fully saturated rings. The number of halogens is 3. The van der Waals surface area contributed by atoms with E-state index in [4.69, 9.17) is 9.47 Å². The average molecular weight is 460 g/mol. The first-order valence-electron chi connectivity index (χ1n) is 10.5. The molecule has 1 aliphatic heterocycles. The van der Waals surface area contributed by atoms with Crippen LogP contribution < -0.4 is 10.1 Å². The highest BCUT2D eigenvalue weighted by molar-refractivity contribution is 5.82. The van der Waals surface area contributed by atoms with E-state index in [9.17, 15) is 22.8 Å². The standard InChI is InChI=1S/C22H32F3N3O4/c1-14-12-28(19(30)32-20(2,3)4)11-9-16(14)27-18(29)21(5,6)13-31-17-15(22(23,24)25)8-7-10-26-17/h7-8,10,14,16H,9,11-13H2,1-6H3,(H,27,29). The number of pyridine rings is 1. The Morgan fingerprint density at radius 2 is 1.88 bits per heavy atom. The lowest BCUT2D eigenvalue weighted by molar-refractivity contribution is -0.139. The summed E-state index contributed by atoms with van der Waals surface area (Å²) in [6, 6.07) is 1.88. The summed E-state index contributed by atoms with van der Waals surface area (Å²) in [6.07, 6.45) is -3.24. The summed E-state index contributed by atoms with van der Waals surface area (Å²) < 4.78 is 50.1. The zero-order valence-electron chi connectivity index (χ0n) is 19.4. The zero-order valence-corrected chi connectivity index (χ0v) is 19.4. The molecule has 0 radical (unpaired) electrons. The van der Waals surface area contributed by atoms with E-state index < -0.39 is 34.7 Å². The number of carbonyl (C=O) groups is 2. The van der Waals surface area contributed by atoms with Gasteiger partial charge in [-0.2, -0.15) is 13.2 Å².